The van der Waals surface area contributed by atoms with Crippen LogP contribution in [-0.2, 0) is 27.5 Å². The fraction of sp³-hybridized carbons (Fsp3) is 0. The maximum atomic E-state index is 8.52. The van der Waals surface area contributed by atoms with E-state index in [0.29, 0.717) is 0 Å². The Balaban J connectivity index is -0.0000000267. The molecule has 0 aliphatic rings. The van der Waals surface area contributed by atoms with Crippen molar-refractivity contribution in [3.63, 3.8) is 0 Å². The van der Waals surface area contributed by atoms with Crippen molar-refractivity contribution in [2.45, 2.75) is 0 Å². The molecular weight excluding hydrogens is 200 g/mol. The predicted octanol–water partition coefficient (Wildman–Crippen LogP) is -3.96. The van der Waals surface area contributed by atoms with Gasteiger partial charge in [0.15, 0.2) is 0 Å². The van der Waals surface area contributed by atoms with Crippen molar-refractivity contribution < 1.29 is 47.0 Å². The molecule has 8 heteroatoms. The first-order chi connectivity index (χ1) is 2.00. The van der Waals surface area contributed by atoms with Gasteiger partial charge in [0, 0.05) is 10.4 Å². The third-order valence-electron chi connectivity index (χ3n) is 0. The molecule has 0 fully saturated rings. The monoisotopic (exact) mass is 204 g/mol. The summed E-state index contributed by atoms with van der Waals surface area (Å²) in [5.74, 6) is 0. The van der Waals surface area contributed by atoms with E-state index in [4.69, 9.17) is 17.5 Å². The van der Waals surface area contributed by atoms with Crippen LogP contribution in [0.15, 0.2) is 0 Å². The second kappa shape index (κ2) is 7.64. The van der Waals surface area contributed by atoms with E-state index in [0.717, 1.165) is 0 Å². The van der Waals surface area contributed by atoms with E-state index >= 15 is 0 Å². The van der Waals surface area contributed by atoms with Crippen molar-refractivity contribution in [2.24, 2.45) is 0 Å². The van der Waals surface area contributed by atoms with Crippen LogP contribution in [0.4, 0.5) is 0 Å². The quantitative estimate of drug-likeness (QED) is 0.246. The summed E-state index contributed by atoms with van der Waals surface area (Å²) in [7, 11) is -5.17. The second-order valence-electron chi connectivity index (χ2n) is 0.408. The van der Waals surface area contributed by atoms with E-state index in [2.05, 4.69) is 0 Å². The summed E-state index contributed by atoms with van der Waals surface area (Å²) in [5.41, 5.74) is 0. The maximum Gasteiger partial charge on any atom is 2.00 e. The third-order valence-corrected chi connectivity index (χ3v) is 0. The van der Waals surface area contributed by atoms with Gasteiger partial charge in [0.05, 0.1) is 0 Å². The zero-order chi connectivity index (χ0) is 4.50. The first-order valence-electron chi connectivity index (χ1n) is 0.667. The van der Waals surface area contributed by atoms with Crippen molar-refractivity contribution >= 4 is 10.4 Å². The van der Waals surface area contributed by atoms with Crippen LogP contribution in [0.25, 0.3) is 0 Å². The number of quaternary nitrogens is 1. The summed E-state index contributed by atoms with van der Waals surface area (Å²) in [4.78, 5) is 0. The van der Waals surface area contributed by atoms with Crippen LogP contribution in [0.5, 0.6) is 0 Å². The van der Waals surface area contributed by atoms with Crippen LogP contribution in [-0.4, -0.2) is 17.5 Å². The Morgan fingerprint density at radius 3 is 1.12 bits per heavy atom. The van der Waals surface area contributed by atoms with E-state index < -0.39 is 10.4 Å². The van der Waals surface area contributed by atoms with Crippen LogP contribution in [0.2, 0.25) is 0 Å². The van der Waals surface area contributed by atoms with Crippen LogP contribution in [0.3, 0.4) is 0 Å². The smallest absolute Gasteiger partial charge is 1.00 e. The van der Waals surface area contributed by atoms with Crippen molar-refractivity contribution in [2.75, 3.05) is 0 Å². The first kappa shape index (κ1) is 23.4. The Labute approximate surface area is 63.9 Å². The summed E-state index contributed by atoms with van der Waals surface area (Å²) in [6.07, 6.45) is 0. The minimum atomic E-state index is -5.17. The molecule has 4 N–H and O–H groups in total. The van der Waals surface area contributed by atoms with Gasteiger partial charge in [-0.15, -0.1) is 0 Å². The molecule has 0 saturated heterocycles. The number of hydrogen-bond donors (Lipinski definition) is 1. The van der Waals surface area contributed by atoms with Gasteiger partial charge in [-0.05, 0) is 0 Å². The number of rotatable bonds is 0. The molecule has 0 aromatic heterocycles. The van der Waals surface area contributed by atoms with Crippen LogP contribution in [0.1, 0.15) is 0 Å². The Bertz CT molecular complexity index is 99.2. The number of halogens is 1. The van der Waals surface area contributed by atoms with E-state index in [1.54, 1.807) is 0 Å². The summed E-state index contributed by atoms with van der Waals surface area (Å²) < 4.78 is 34.1. The maximum absolute atomic E-state index is 8.52. The van der Waals surface area contributed by atoms with Crippen molar-refractivity contribution in [3.05, 3.63) is 0 Å². The van der Waals surface area contributed by atoms with Crippen molar-refractivity contribution in [1.29, 1.82) is 0 Å². The molecular formula is H4ClMnNO4S. The van der Waals surface area contributed by atoms with Crippen LogP contribution in [0, 0.1) is 0 Å². The summed E-state index contributed by atoms with van der Waals surface area (Å²) in [5, 5.41) is 0. The van der Waals surface area contributed by atoms with E-state index in [9.17, 15) is 0 Å². The molecule has 1 radical (unpaired) electrons. The standard InChI is InChI=1S/ClH.Mn.H3N.H2O4S/c;;;1-5(2,3)4/h1H;;1H3;(H2,1,2,3,4)/q;+2;;/p-2. The molecule has 0 unspecified atom stereocenters. The summed E-state index contributed by atoms with van der Waals surface area (Å²) in [6.45, 7) is 0. The Hall–Kier alpha value is 0.639. The van der Waals surface area contributed by atoms with E-state index in [1.807, 2.05) is 0 Å². The zero-order valence-corrected chi connectivity index (χ0v) is 6.55. The Morgan fingerprint density at radius 2 is 1.12 bits per heavy atom. The minimum Gasteiger partial charge on any atom is -1.00 e. The Kier molecular flexibility index (Phi) is 22.4. The van der Waals surface area contributed by atoms with Gasteiger partial charge < -0.3 is 27.7 Å². The molecule has 0 aromatic carbocycles. The van der Waals surface area contributed by atoms with Gasteiger partial charge in [-0.3, -0.25) is 8.42 Å². The average molecular weight is 204 g/mol. The molecule has 5 nitrogen and oxygen atoms in total. The molecule has 0 heterocycles. The third kappa shape index (κ3) is 516. The fourth-order valence-corrected chi connectivity index (χ4v) is 0. The molecule has 0 aliphatic carbocycles. The molecule has 0 bridgehead atoms. The van der Waals surface area contributed by atoms with Gasteiger partial charge in [0.1, 0.15) is 0 Å². The topological polar surface area (TPSA) is 117 Å². The molecule has 8 heavy (non-hydrogen) atoms. The minimum absolute atomic E-state index is 0. The molecule has 0 aromatic rings. The molecule has 0 spiro atoms. The van der Waals surface area contributed by atoms with Gasteiger partial charge in [0.25, 0.3) is 0 Å². The largest absolute Gasteiger partial charge is 2.00 e. The summed E-state index contributed by atoms with van der Waals surface area (Å²) in [6, 6.07) is 0. The zero-order valence-electron chi connectivity index (χ0n) is 3.80. The molecule has 0 aliphatic heterocycles. The van der Waals surface area contributed by atoms with Crippen LogP contribution < -0.4 is 18.6 Å². The Morgan fingerprint density at radius 1 is 1.12 bits per heavy atom. The predicted molar refractivity (Wildman–Crippen MR) is 16.5 cm³/mol. The van der Waals surface area contributed by atoms with Gasteiger partial charge in [-0.1, -0.05) is 0 Å². The van der Waals surface area contributed by atoms with Gasteiger partial charge >= 0.3 is 17.1 Å². The fourth-order valence-electron chi connectivity index (χ4n) is 0. The van der Waals surface area contributed by atoms with E-state index in [1.165, 1.54) is 0 Å². The molecule has 0 atom stereocenters. The second-order valence-corrected chi connectivity index (χ2v) is 1.22. The van der Waals surface area contributed by atoms with Crippen molar-refractivity contribution in [3.8, 4) is 0 Å². The molecule has 0 saturated carbocycles. The molecule has 0 amide bonds. The van der Waals surface area contributed by atoms with Gasteiger partial charge in [-0.2, -0.15) is 0 Å². The average Bonchev–Trinajstić information content (AvgIpc) is 0.722. The van der Waals surface area contributed by atoms with Crippen LogP contribution >= 0.6 is 0 Å². The molecule has 53 valence electrons. The first-order valence-corrected chi connectivity index (χ1v) is 2.00. The van der Waals surface area contributed by atoms with Crippen molar-refractivity contribution in [1.82, 2.24) is 6.15 Å². The van der Waals surface area contributed by atoms with Gasteiger partial charge in [0.2, 0.25) is 0 Å². The molecule has 0 rings (SSSR count). The number of hydrogen-bond acceptors (Lipinski definition) is 4. The van der Waals surface area contributed by atoms with E-state index in [-0.39, 0.29) is 35.6 Å². The summed E-state index contributed by atoms with van der Waals surface area (Å²) >= 11 is 0. The SMILES string of the molecule is O=S(=O)([O-])[O-].[Cl-].[Mn+2].[NH4+]. The normalized spacial score (nSPS) is 7.25. The van der Waals surface area contributed by atoms with Gasteiger partial charge in [-0.25, -0.2) is 0 Å².